The number of rotatable bonds is 11. The summed E-state index contributed by atoms with van der Waals surface area (Å²) in [4.78, 5) is 0. The fraction of sp³-hybridized carbons (Fsp3) is 1.00. The Hall–Kier alpha value is -0.220. The van der Waals surface area contributed by atoms with Gasteiger partial charge in [-0.2, -0.15) is 0 Å². The molecule has 0 heterocycles. The van der Waals surface area contributed by atoms with Crippen molar-refractivity contribution in [3.63, 3.8) is 0 Å². The molecule has 0 spiro atoms. The Morgan fingerprint density at radius 2 is 1.06 bits per heavy atom. The zero-order valence-corrected chi connectivity index (χ0v) is 22.0. The predicted octanol–water partition coefficient (Wildman–Crippen LogP) is 8.32. The van der Waals surface area contributed by atoms with Crippen LogP contribution in [0.25, 0.3) is 0 Å². The van der Waals surface area contributed by atoms with Crippen molar-refractivity contribution in [2.45, 2.75) is 136 Å². The summed E-state index contributed by atoms with van der Waals surface area (Å²) in [5.41, 5.74) is 0. The quantitative estimate of drug-likeness (QED) is 0.302. The van der Waals surface area contributed by atoms with Crippen LogP contribution in [0.4, 0.5) is 8.78 Å². The molecule has 0 aromatic rings. The van der Waals surface area contributed by atoms with Crippen molar-refractivity contribution in [3.8, 4) is 0 Å². The van der Waals surface area contributed by atoms with Gasteiger partial charge in [0.25, 0.3) is 0 Å². The zero-order chi connectivity index (χ0) is 23.8. The van der Waals surface area contributed by atoms with Crippen LogP contribution in [0.5, 0.6) is 0 Å². The third kappa shape index (κ3) is 8.44. The van der Waals surface area contributed by atoms with Gasteiger partial charge in [-0.05, 0) is 100 Å². The maximum atomic E-state index is 15.0. The molecule has 0 aromatic carbocycles. The van der Waals surface area contributed by atoms with Gasteiger partial charge in [-0.25, -0.2) is 8.78 Å². The van der Waals surface area contributed by atoms with Gasteiger partial charge in [0, 0.05) is 13.2 Å². The number of halogens is 2. The molecule has 0 radical (unpaired) electrons. The lowest BCUT2D eigenvalue weighted by molar-refractivity contribution is -0.0909. The maximum absolute atomic E-state index is 15.0. The SMILES string of the molecule is CCC(OCC1CCC(C)CC1)C(F)C(F)C(C)OCC1CCC(C2CCC(C)CC2)CC1. The number of ether oxygens (including phenoxy) is 2. The van der Waals surface area contributed by atoms with E-state index in [-0.39, 0.29) is 0 Å². The molecule has 194 valence electrons. The van der Waals surface area contributed by atoms with Gasteiger partial charge in [-0.15, -0.1) is 0 Å². The van der Waals surface area contributed by atoms with Crippen molar-refractivity contribution >= 4 is 0 Å². The number of hydrogen-bond acceptors (Lipinski definition) is 2. The minimum Gasteiger partial charge on any atom is -0.375 e. The summed E-state index contributed by atoms with van der Waals surface area (Å²) in [5, 5.41) is 0. The van der Waals surface area contributed by atoms with Crippen molar-refractivity contribution in [1.82, 2.24) is 0 Å². The smallest absolute Gasteiger partial charge is 0.160 e. The molecular formula is C29H52F2O2. The first-order chi connectivity index (χ1) is 15.9. The van der Waals surface area contributed by atoms with Crippen molar-refractivity contribution < 1.29 is 18.3 Å². The van der Waals surface area contributed by atoms with Crippen molar-refractivity contribution in [1.29, 1.82) is 0 Å². The van der Waals surface area contributed by atoms with Crippen LogP contribution in [0, 0.1) is 35.5 Å². The van der Waals surface area contributed by atoms with Gasteiger partial charge < -0.3 is 9.47 Å². The van der Waals surface area contributed by atoms with Crippen LogP contribution in [0.1, 0.15) is 111 Å². The molecule has 0 aliphatic heterocycles. The van der Waals surface area contributed by atoms with Crippen LogP contribution < -0.4 is 0 Å². The standard InChI is InChI=1S/C29H52F2O2/c1-5-27(33-19-23-10-6-20(2)7-11-23)29(31)28(30)22(4)32-18-24-12-16-26(17-13-24)25-14-8-21(3)9-15-25/h20-29H,5-19H2,1-4H3. The summed E-state index contributed by atoms with van der Waals surface area (Å²) in [6, 6.07) is 0. The van der Waals surface area contributed by atoms with E-state index in [2.05, 4.69) is 13.8 Å². The lowest BCUT2D eigenvalue weighted by Crippen LogP contribution is -2.41. The first-order valence-corrected chi connectivity index (χ1v) is 14.4. The molecule has 4 unspecified atom stereocenters. The van der Waals surface area contributed by atoms with Crippen LogP contribution in [-0.4, -0.2) is 37.8 Å². The lowest BCUT2D eigenvalue weighted by Gasteiger charge is -2.37. The fourth-order valence-electron chi connectivity index (χ4n) is 6.62. The first kappa shape index (κ1) is 27.4. The molecule has 0 amide bonds. The summed E-state index contributed by atoms with van der Waals surface area (Å²) in [5.74, 6) is 4.51. The molecule has 3 rings (SSSR count). The van der Waals surface area contributed by atoms with Crippen LogP contribution in [0.3, 0.4) is 0 Å². The Morgan fingerprint density at radius 1 is 0.636 bits per heavy atom. The molecule has 0 saturated heterocycles. The Labute approximate surface area is 202 Å². The van der Waals surface area contributed by atoms with Gasteiger partial charge in [0.2, 0.25) is 0 Å². The van der Waals surface area contributed by atoms with Crippen LogP contribution >= 0.6 is 0 Å². The van der Waals surface area contributed by atoms with E-state index in [0.29, 0.717) is 31.5 Å². The molecule has 3 aliphatic rings. The monoisotopic (exact) mass is 470 g/mol. The average Bonchev–Trinajstić information content (AvgIpc) is 2.84. The third-order valence-electron chi connectivity index (χ3n) is 9.41. The topological polar surface area (TPSA) is 18.5 Å². The minimum atomic E-state index is -1.62. The summed E-state index contributed by atoms with van der Waals surface area (Å²) in [6.07, 6.45) is 11.2. The van der Waals surface area contributed by atoms with Gasteiger partial charge in [0.1, 0.15) is 0 Å². The van der Waals surface area contributed by atoms with E-state index in [4.69, 9.17) is 9.47 Å². The van der Waals surface area contributed by atoms with E-state index in [0.717, 1.165) is 36.5 Å². The highest BCUT2D eigenvalue weighted by molar-refractivity contribution is 4.84. The van der Waals surface area contributed by atoms with E-state index < -0.39 is 24.6 Å². The molecule has 0 aromatic heterocycles. The Bertz CT molecular complexity index is 520. The minimum absolute atomic E-state index is 0.501. The van der Waals surface area contributed by atoms with Crippen LogP contribution in [0.2, 0.25) is 0 Å². The van der Waals surface area contributed by atoms with Crippen LogP contribution in [0.15, 0.2) is 0 Å². The van der Waals surface area contributed by atoms with Gasteiger partial charge in [-0.1, -0.05) is 46.5 Å². The Kier molecular flexibility index (Phi) is 11.4. The summed E-state index contributed by atoms with van der Waals surface area (Å²) in [6.45, 7) is 9.40. The van der Waals surface area contributed by atoms with E-state index in [1.54, 1.807) is 6.92 Å². The number of hydrogen-bond donors (Lipinski definition) is 0. The van der Waals surface area contributed by atoms with Crippen molar-refractivity contribution in [3.05, 3.63) is 0 Å². The molecule has 3 aliphatic carbocycles. The Morgan fingerprint density at radius 3 is 1.58 bits per heavy atom. The summed E-state index contributed by atoms with van der Waals surface area (Å²) < 4.78 is 41.7. The van der Waals surface area contributed by atoms with E-state index in [1.165, 1.54) is 64.2 Å². The lowest BCUT2D eigenvalue weighted by atomic mass is 9.69. The highest BCUT2D eigenvalue weighted by Gasteiger charge is 2.35. The van der Waals surface area contributed by atoms with Gasteiger partial charge in [0.05, 0.1) is 12.2 Å². The second-order valence-electron chi connectivity index (χ2n) is 12.1. The van der Waals surface area contributed by atoms with E-state index in [1.807, 2.05) is 6.92 Å². The molecule has 4 atom stereocenters. The van der Waals surface area contributed by atoms with E-state index in [9.17, 15) is 8.78 Å². The first-order valence-electron chi connectivity index (χ1n) is 14.4. The van der Waals surface area contributed by atoms with Gasteiger partial charge in [0.15, 0.2) is 12.3 Å². The normalized spacial score (nSPS) is 37.3. The molecule has 0 N–H and O–H groups in total. The summed E-state index contributed by atoms with van der Waals surface area (Å²) in [7, 11) is 0. The second kappa shape index (κ2) is 13.8. The summed E-state index contributed by atoms with van der Waals surface area (Å²) >= 11 is 0. The molecular weight excluding hydrogens is 418 g/mol. The molecule has 4 heteroatoms. The van der Waals surface area contributed by atoms with Gasteiger partial charge >= 0.3 is 0 Å². The molecule has 0 bridgehead atoms. The van der Waals surface area contributed by atoms with Crippen molar-refractivity contribution in [2.24, 2.45) is 35.5 Å². The molecule has 2 nitrogen and oxygen atoms in total. The Balaban J connectivity index is 1.33. The van der Waals surface area contributed by atoms with Crippen molar-refractivity contribution in [2.75, 3.05) is 13.2 Å². The van der Waals surface area contributed by atoms with E-state index >= 15 is 0 Å². The molecule has 33 heavy (non-hydrogen) atoms. The zero-order valence-electron chi connectivity index (χ0n) is 22.0. The third-order valence-corrected chi connectivity index (χ3v) is 9.41. The van der Waals surface area contributed by atoms with Gasteiger partial charge in [-0.3, -0.25) is 0 Å². The molecule has 3 fully saturated rings. The largest absolute Gasteiger partial charge is 0.375 e. The second-order valence-corrected chi connectivity index (χ2v) is 12.1. The highest BCUT2D eigenvalue weighted by Crippen LogP contribution is 2.41. The predicted molar refractivity (Wildman–Crippen MR) is 133 cm³/mol. The highest BCUT2D eigenvalue weighted by atomic mass is 19.2. The number of alkyl halides is 2. The average molecular weight is 471 g/mol. The maximum Gasteiger partial charge on any atom is 0.160 e. The van der Waals surface area contributed by atoms with Crippen LogP contribution in [-0.2, 0) is 9.47 Å². The fourth-order valence-corrected chi connectivity index (χ4v) is 6.62. The molecule has 3 saturated carbocycles.